The number of primary amides is 2. The number of hydrogen-bond acceptors (Lipinski definition) is 19. The van der Waals surface area contributed by atoms with Crippen LogP contribution in [0.15, 0.2) is 35.3 Å². The molecule has 0 aliphatic carbocycles. The zero-order valence-corrected chi connectivity index (χ0v) is 52.0. The number of carbonyl (C=O) groups excluding carboxylic acids is 12. The van der Waals surface area contributed by atoms with Crippen LogP contribution in [-0.2, 0) is 64.0 Å². The summed E-state index contributed by atoms with van der Waals surface area (Å²) in [6, 6.07) is -4.75. The van der Waals surface area contributed by atoms with E-state index in [0.717, 1.165) is 13.8 Å². The van der Waals surface area contributed by atoms with E-state index in [2.05, 4.69) is 52.8 Å². The molecule has 0 spiro atoms. The van der Waals surface area contributed by atoms with Crippen LogP contribution in [0, 0.1) is 5.92 Å². The highest BCUT2D eigenvalue weighted by Gasteiger charge is 2.39. The molecular weight excluding hydrogens is 1180 g/mol. The van der Waals surface area contributed by atoms with E-state index in [4.69, 9.17) is 28.7 Å². The van der Waals surface area contributed by atoms with Crippen molar-refractivity contribution in [2.75, 3.05) is 43.1 Å². The lowest BCUT2D eigenvalue weighted by Crippen LogP contribution is -2.63. The molecule has 1 aromatic rings. The molecule has 13 unspecified atom stereocenters. The van der Waals surface area contributed by atoms with Crippen molar-refractivity contribution < 1.29 is 67.7 Å². The first-order chi connectivity index (χ1) is 40.6. The van der Waals surface area contributed by atoms with Crippen molar-refractivity contribution in [2.45, 2.75) is 166 Å². The number of hydrogen-bond donors (Lipinski definition) is 16. The minimum atomic E-state index is -1.80. The molecule has 1 heterocycles. The number of nitrogens with two attached hydrogens (primary N) is 5. The van der Waals surface area contributed by atoms with Gasteiger partial charge in [0.1, 0.15) is 54.4 Å². The molecule has 1 aromatic carbocycles. The summed E-state index contributed by atoms with van der Waals surface area (Å²) in [6.45, 7) is 8.66. The molecule has 482 valence electrons. The van der Waals surface area contributed by atoms with Gasteiger partial charge in [-0.05, 0) is 76.4 Å². The Hall–Kier alpha value is -6.94. The van der Waals surface area contributed by atoms with Crippen LogP contribution in [0.1, 0.15) is 92.1 Å². The number of benzene rings is 1. The van der Waals surface area contributed by atoms with E-state index >= 15 is 0 Å². The summed E-state index contributed by atoms with van der Waals surface area (Å²) in [5.41, 5.74) is 28.0. The van der Waals surface area contributed by atoms with Gasteiger partial charge in [-0.3, -0.25) is 62.5 Å². The van der Waals surface area contributed by atoms with E-state index in [1.165, 1.54) is 45.2 Å². The molecule has 86 heavy (non-hydrogen) atoms. The summed E-state index contributed by atoms with van der Waals surface area (Å²) in [4.78, 5) is 166. The maximum absolute atomic E-state index is 14.3. The van der Waals surface area contributed by atoms with Gasteiger partial charge >= 0.3 is 0 Å². The summed E-state index contributed by atoms with van der Waals surface area (Å²) in [7, 11) is 2.51. The number of rotatable bonds is 39. The van der Waals surface area contributed by atoms with Crippen molar-refractivity contribution in [3.63, 3.8) is 0 Å². The van der Waals surface area contributed by atoms with Crippen LogP contribution < -0.4 is 76.5 Å². The monoisotopic (exact) mass is 1270 g/mol. The molecule has 1 aliphatic heterocycles. The molecule has 0 radical (unpaired) electrons. The van der Waals surface area contributed by atoms with Gasteiger partial charge < -0.3 is 91.6 Å². The van der Waals surface area contributed by atoms with Crippen LogP contribution in [0.4, 0.5) is 0 Å². The Morgan fingerprint density at radius 2 is 1.21 bits per heavy atom. The molecular formula is C53H88N16O14S3. The van der Waals surface area contributed by atoms with E-state index in [0.29, 0.717) is 42.9 Å². The highest BCUT2D eigenvalue weighted by atomic mass is 33.1. The number of amides is 12. The average molecular weight is 1270 g/mol. The fraction of sp³-hybridized carbons (Fsp3) is 0.642. The van der Waals surface area contributed by atoms with Crippen LogP contribution in [0.3, 0.4) is 0 Å². The van der Waals surface area contributed by atoms with E-state index in [1.807, 2.05) is 6.92 Å². The zero-order valence-electron chi connectivity index (χ0n) is 49.6. The predicted molar refractivity (Wildman–Crippen MR) is 326 cm³/mol. The minimum Gasteiger partial charge on any atom is -0.391 e. The first-order valence-corrected chi connectivity index (χ1v) is 32.0. The number of aliphatic imine (C=N–C) groups is 1. The lowest BCUT2D eigenvalue weighted by atomic mass is 9.98. The van der Waals surface area contributed by atoms with Crippen molar-refractivity contribution in [3.8, 4) is 0 Å². The van der Waals surface area contributed by atoms with Gasteiger partial charge in [0.05, 0.1) is 31.2 Å². The van der Waals surface area contributed by atoms with Gasteiger partial charge in [0.25, 0.3) is 0 Å². The van der Waals surface area contributed by atoms with Crippen molar-refractivity contribution in [3.05, 3.63) is 35.9 Å². The lowest BCUT2D eigenvalue weighted by molar-refractivity contribution is -0.140. The third-order valence-electron chi connectivity index (χ3n) is 13.5. The number of guanidine groups is 1. The average Bonchev–Trinajstić information content (AvgIpc) is 3.40. The highest BCUT2D eigenvalue weighted by molar-refractivity contribution is 8.76. The summed E-state index contributed by atoms with van der Waals surface area (Å²) < 4.78 is 0. The lowest BCUT2D eigenvalue weighted by Gasteiger charge is -2.29. The molecule has 1 saturated heterocycles. The molecule has 12 amide bonds. The Balaban J connectivity index is 2.35. The van der Waals surface area contributed by atoms with Gasteiger partial charge in [-0.25, -0.2) is 0 Å². The Labute approximate surface area is 512 Å². The number of nitrogens with one attached hydrogen (secondary N) is 9. The molecule has 2 rings (SSSR count). The summed E-state index contributed by atoms with van der Waals surface area (Å²) in [6.07, 6.45) is -0.822. The van der Waals surface area contributed by atoms with Crippen LogP contribution in [0.5, 0.6) is 0 Å². The number of aliphatic hydroxyl groups is 2. The number of nitrogens with zero attached hydrogens (tertiary/aromatic N) is 2. The quantitative estimate of drug-likeness (QED) is 0.0127. The molecule has 1 aliphatic rings. The van der Waals surface area contributed by atoms with E-state index in [9.17, 15) is 67.7 Å². The van der Waals surface area contributed by atoms with Crippen LogP contribution in [-0.4, -0.2) is 208 Å². The summed E-state index contributed by atoms with van der Waals surface area (Å²) in [5.74, 6) is -10.4. The number of likely N-dealkylation sites (tertiary alicyclic amines) is 1. The molecule has 0 bridgehead atoms. The van der Waals surface area contributed by atoms with Gasteiger partial charge in [-0.1, -0.05) is 79.1 Å². The molecule has 0 aromatic heterocycles. The number of thioether (sulfide) groups is 1. The second-order valence-electron chi connectivity index (χ2n) is 20.6. The van der Waals surface area contributed by atoms with Gasteiger partial charge in [0.15, 0.2) is 5.96 Å². The number of carbonyl (C=O) groups is 12. The third-order valence-corrected chi connectivity index (χ3v) is 16.6. The van der Waals surface area contributed by atoms with Crippen molar-refractivity contribution >= 4 is 110 Å². The predicted octanol–water partition coefficient (Wildman–Crippen LogP) is -5.06. The maximum Gasteiger partial charge on any atom is 0.245 e. The van der Waals surface area contributed by atoms with E-state index in [1.54, 1.807) is 50.4 Å². The van der Waals surface area contributed by atoms with E-state index < -0.39 is 162 Å². The molecule has 0 saturated carbocycles. The SMILES string of the molecule is CCSSCC(NC(=O)C(NC(=O)CNC(=O)C(CCSC)NC(=O)C(CCCN=C(N)N)NC(=O)C(Cc1ccccc1)NC(=O)C1CCCN1C(=O)C(C)N)C(C)CC)C(=O)NC(C(=O)NC(C(=O)NC(CC(N)=O)C(N)=O)C(C)O)C(C)O. The second-order valence-corrected chi connectivity index (χ2v) is 24.4. The van der Waals surface area contributed by atoms with Crippen molar-refractivity contribution in [1.29, 1.82) is 0 Å². The highest BCUT2D eigenvalue weighted by Crippen LogP contribution is 2.22. The fourth-order valence-electron chi connectivity index (χ4n) is 8.57. The summed E-state index contributed by atoms with van der Waals surface area (Å²) >= 11 is 1.36. The normalized spacial score (nSPS) is 17.0. The first kappa shape index (κ1) is 75.2. The Morgan fingerprint density at radius 3 is 1.76 bits per heavy atom. The fourth-order valence-corrected chi connectivity index (χ4v) is 10.9. The molecule has 33 heteroatoms. The topological polar surface area (TPSA) is 499 Å². The molecule has 13 atom stereocenters. The zero-order chi connectivity index (χ0) is 64.8. The smallest absolute Gasteiger partial charge is 0.245 e. The maximum atomic E-state index is 14.3. The van der Waals surface area contributed by atoms with E-state index in [-0.39, 0.29) is 43.9 Å². The first-order valence-electron chi connectivity index (χ1n) is 28.1. The third kappa shape index (κ3) is 26.4. The number of aliphatic hydroxyl groups excluding tert-OH is 2. The molecule has 21 N–H and O–H groups in total. The van der Waals surface area contributed by atoms with Crippen molar-refractivity contribution in [1.82, 2.24) is 52.8 Å². The Morgan fingerprint density at radius 1 is 0.663 bits per heavy atom. The largest absolute Gasteiger partial charge is 0.391 e. The van der Waals surface area contributed by atoms with Gasteiger partial charge in [-0.15, -0.1) is 0 Å². The van der Waals surface area contributed by atoms with Crippen LogP contribution >= 0.6 is 33.3 Å². The summed E-state index contributed by atoms with van der Waals surface area (Å²) in [5, 5.41) is 43.7. The minimum absolute atomic E-state index is 0.00362. The Kier molecular flexibility index (Phi) is 34.1. The van der Waals surface area contributed by atoms with Crippen LogP contribution in [0.2, 0.25) is 0 Å². The van der Waals surface area contributed by atoms with Crippen molar-refractivity contribution in [2.24, 2.45) is 39.6 Å². The second kappa shape index (κ2) is 39.0. The van der Waals surface area contributed by atoms with Gasteiger partial charge in [0, 0.05) is 31.0 Å². The van der Waals surface area contributed by atoms with Crippen LogP contribution in [0.25, 0.3) is 0 Å². The molecule has 1 fully saturated rings. The standard InChI is InChI=1S/C53H88N16O14S3/c1-8-27(3)40(49(80)65-36(26-86-85-9-2)47(78)67-42(30(6)71)51(82)68-41(29(5)70)50(81)63-34(43(56)74)24-38(55)72)66-39(73)25-60-44(75)33(19-22-84-7)62-45(76)32(17-13-20-59-53(57)58)61-46(77)35(23-31-15-11-10-12-16-31)64-48(79)37-18-14-21-69(37)52(83)28(4)54/h10-12,15-16,27-30,32-37,40-42,70-71H,8-9,13-14,17-26,54H2,1-7H3,(H2,55,72)(H2,56,74)(H,60,75)(H,61,77)(H,62,76)(H,63,81)(H,64,79)(H,65,80)(H,66,73)(H,67,78)(H,68,82)(H4,57,58,59). The van der Waals surface area contributed by atoms with Gasteiger partial charge in [0.2, 0.25) is 70.9 Å². The van der Waals surface area contributed by atoms with Gasteiger partial charge in [-0.2, -0.15) is 11.8 Å². The molecule has 30 nitrogen and oxygen atoms in total. The Bertz CT molecular complexity index is 2500.